The van der Waals surface area contributed by atoms with Crippen LogP contribution in [0.15, 0.2) is 77.7 Å². The van der Waals surface area contributed by atoms with Crippen LogP contribution >= 0.6 is 0 Å². The first-order chi connectivity index (χ1) is 15.6. The van der Waals surface area contributed by atoms with E-state index < -0.39 is 16.0 Å². The Hall–Kier alpha value is -3.52. The predicted octanol–water partition coefficient (Wildman–Crippen LogP) is 4.94. The molecule has 0 heterocycles. The smallest absolute Gasteiger partial charge is 0.335 e. The van der Waals surface area contributed by atoms with Crippen molar-refractivity contribution in [3.05, 3.63) is 83.9 Å². The van der Waals surface area contributed by atoms with Gasteiger partial charge in [-0.2, -0.15) is 0 Å². The maximum atomic E-state index is 12.9. The number of carboxylic acid groups (broad SMARTS) is 1. The normalized spacial score (nSPS) is 11.6. The topological polar surface area (TPSA) is 102 Å². The van der Waals surface area contributed by atoms with E-state index in [0.717, 1.165) is 5.56 Å². The first kappa shape index (κ1) is 24.1. The molecule has 0 unspecified atom stereocenters. The average molecular weight is 470 g/mol. The van der Waals surface area contributed by atoms with E-state index in [0.29, 0.717) is 17.2 Å². The highest BCUT2D eigenvalue weighted by Gasteiger charge is 2.19. The average Bonchev–Trinajstić information content (AvgIpc) is 2.77. The number of hydrogen-bond donors (Lipinski definition) is 2. The second-order valence-electron chi connectivity index (χ2n) is 8.40. The Morgan fingerprint density at radius 1 is 0.879 bits per heavy atom. The molecule has 0 amide bonds. The Morgan fingerprint density at radius 2 is 1.48 bits per heavy atom. The van der Waals surface area contributed by atoms with Gasteiger partial charge in [0, 0.05) is 0 Å². The molecular weight excluding hydrogens is 442 g/mol. The lowest BCUT2D eigenvalue weighted by Crippen LogP contribution is -2.16. The molecule has 0 aliphatic heterocycles. The first-order valence-electron chi connectivity index (χ1n) is 10.4. The van der Waals surface area contributed by atoms with Crippen LogP contribution < -0.4 is 14.2 Å². The summed E-state index contributed by atoms with van der Waals surface area (Å²) >= 11 is 0. The molecule has 0 radical (unpaired) electrons. The molecule has 0 aliphatic rings. The second kappa shape index (κ2) is 9.95. The lowest BCUT2D eigenvalue weighted by Gasteiger charge is -2.19. The fourth-order valence-corrected chi connectivity index (χ4v) is 4.09. The molecule has 2 N–H and O–H groups in total. The summed E-state index contributed by atoms with van der Waals surface area (Å²) in [4.78, 5) is 11.1. The predicted molar refractivity (Wildman–Crippen MR) is 127 cm³/mol. The van der Waals surface area contributed by atoms with Gasteiger partial charge in [-0.1, -0.05) is 45.0 Å². The third kappa shape index (κ3) is 6.49. The lowest BCUT2D eigenvalue weighted by atomic mass is 9.87. The quantitative estimate of drug-likeness (QED) is 0.431. The van der Waals surface area contributed by atoms with Gasteiger partial charge < -0.3 is 14.6 Å². The maximum absolute atomic E-state index is 12.9. The van der Waals surface area contributed by atoms with Crippen LogP contribution in [0, 0.1) is 0 Å². The van der Waals surface area contributed by atoms with Crippen LogP contribution in [0.2, 0.25) is 0 Å². The molecule has 174 valence electrons. The number of carbonyl (C=O) groups is 1. The third-order valence-electron chi connectivity index (χ3n) is 4.87. The number of nitrogens with one attached hydrogen (secondary N) is 1. The molecule has 0 saturated heterocycles. The Kier molecular flexibility index (Phi) is 7.28. The minimum absolute atomic E-state index is 0.0729. The highest BCUT2D eigenvalue weighted by Crippen LogP contribution is 2.28. The van der Waals surface area contributed by atoms with Crippen molar-refractivity contribution in [1.29, 1.82) is 0 Å². The summed E-state index contributed by atoms with van der Waals surface area (Å²) in [5.74, 6) is -0.123. The van der Waals surface area contributed by atoms with E-state index in [4.69, 9.17) is 14.6 Å². The number of benzene rings is 3. The molecule has 7 nitrogen and oxygen atoms in total. The molecular formula is C25H27NO6S. The van der Waals surface area contributed by atoms with Crippen LogP contribution in [0.4, 0.5) is 5.69 Å². The highest BCUT2D eigenvalue weighted by molar-refractivity contribution is 7.92. The van der Waals surface area contributed by atoms with Gasteiger partial charge in [0.25, 0.3) is 10.0 Å². The van der Waals surface area contributed by atoms with Crippen molar-refractivity contribution < 1.29 is 27.8 Å². The first-order valence-corrected chi connectivity index (χ1v) is 11.9. The molecule has 0 bridgehead atoms. The van der Waals surface area contributed by atoms with Crippen molar-refractivity contribution in [3.63, 3.8) is 0 Å². The summed E-state index contributed by atoms with van der Waals surface area (Å²) in [5.41, 5.74) is 1.47. The lowest BCUT2D eigenvalue weighted by molar-refractivity contribution is 0.0697. The summed E-state index contributed by atoms with van der Waals surface area (Å²) in [5, 5.41) is 8.93. The van der Waals surface area contributed by atoms with Crippen LogP contribution in [-0.2, 0) is 15.4 Å². The molecule has 3 rings (SSSR count). The molecule has 0 spiro atoms. The molecule has 0 aromatic heterocycles. The minimum Gasteiger partial charge on any atom is -0.490 e. The Morgan fingerprint density at radius 3 is 2.09 bits per heavy atom. The van der Waals surface area contributed by atoms with Gasteiger partial charge in [-0.15, -0.1) is 0 Å². The van der Waals surface area contributed by atoms with E-state index >= 15 is 0 Å². The zero-order chi connectivity index (χ0) is 24.1. The van der Waals surface area contributed by atoms with Gasteiger partial charge in [-0.05, 0) is 59.5 Å². The highest BCUT2D eigenvalue weighted by atomic mass is 32.2. The third-order valence-corrected chi connectivity index (χ3v) is 6.25. The van der Waals surface area contributed by atoms with Crippen molar-refractivity contribution >= 4 is 21.7 Å². The standard InChI is InChI=1S/C25H27NO6S/c1-25(2,3)19-10-14-21(15-11-19)33(29,30)26-22-6-4-5-7-23(22)32-17-16-31-20-12-8-18(9-13-20)24(27)28/h4-15,26H,16-17H2,1-3H3,(H,27,28). The summed E-state index contributed by atoms with van der Waals surface area (Å²) in [6.45, 7) is 6.56. The van der Waals surface area contributed by atoms with Crippen molar-refractivity contribution in [1.82, 2.24) is 0 Å². The monoisotopic (exact) mass is 469 g/mol. The van der Waals surface area contributed by atoms with E-state index in [1.807, 2.05) is 12.1 Å². The zero-order valence-corrected chi connectivity index (χ0v) is 19.6. The molecule has 33 heavy (non-hydrogen) atoms. The van der Waals surface area contributed by atoms with Gasteiger partial charge in [0.15, 0.2) is 0 Å². The number of para-hydroxylation sites is 2. The molecule has 3 aromatic rings. The molecule has 0 fully saturated rings. The van der Waals surface area contributed by atoms with Crippen LogP contribution in [0.25, 0.3) is 0 Å². The molecule has 8 heteroatoms. The van der Waals surface area contributed by atoms with E-state index in [2.05, 4.69) is 25.5 Å². The number of anilines is 1. The number of aromatic carboxylic acids is 1. The molecule has 0 saturated carbocycles. The number of sulfonamides is 1. The fourth-order valence-electron chi connectivity index (χ4n) is 3.02. The van der Waals surface area contributed by atoms with Gasteiger partial charge in [0.1, 0.15) is 24.7 Å². The van der Waals surface area contributed by atoms with E-state index in [1.165, 1.54) is 12.1 Å². The molecule has 0 aliphatic carbocycles. The summed E-state index contributed by atoms with van der Waals surface area (Å²) in [6.07, 6.45) is 0. The van der Waals surface area contributed by atoms with Crippen molar-refractivity contribution in [2.75, 3.05) is 17.9 Å². The zero-order valence-electron chi connectivity index (χ0n) is 18.7. The van der Waals surface area contributed by atoms with Crippen molar-refractivity contribution in [3.8, 4) is 11.5 Å². The molecule has 3 aromatic carbocycles. The van der Waals surface area contributed by atoms with Gasteiger partial charge in [-0.3, -0.25) is 4.72 Å². The van der Waals surface area contributed by atoms with Crippen LogP contribution in [0.5, 0.6) is 11.5 Å². The van der Waals surface area contributed by atoms with Crippen molar-refractivity contribution in [2.45, 2.75) is 31.1 Å². The SMILES string of the molecule is CC(C)(C)c1ccc(S(=O)(=O)Nc2ccccc2OCCOc2ccc(C(=O)O)cc2)cc1. The van der Waals surface area contributed by atoms with Gasteiger partial charge in [0.2, 0.25) is 0 Å². The Labute approximate surface area is 194 Å². The number of ether oxygens (including phenoxy) is 2. The largest absolute Gasteiger partial charge is 0.490 e. The Balaban J connectivity index is 1.62. The Bertz CT molecular complexity index is 1200. The van der Waals surface area contributed by atoms with E-state index in [-0.39, 0.29) is 29.1 Å². The molecule has 0 atom stereocenters. The second-order valence-corrected chi connectivity index (χ2v) is 10.1. The van der Waals surface area contributed by atoms with Crippen LogP contribution in [0.3, 0.4) is 0 Å². The maximum Gasteiger partial charge on any atom is 0.335 e. The van der Waals surface area contributed by atoms with Gasteiger partial charge in [0.05, 0.1) is 16.1 Å². The number of rotatable bonds is 9. The fraction of sp³-hybridized carbons (Fsp3) is 0.240. The minimum atomic E-state index is -3.79. The van der Waals surface area contributed by atoms with E-state index in [9.17, 15) is 13.2 Å². The summed E-state index contributed by atoms with van der Waals surface area (Å²) in [7, 11) is -3.79. The number of carboxylic acids is 1. The van der Waals surface area contributed by atoms with Gasteiger partial charge >= 0.3 is 5.97 Å². The van der Waals surface area contributed by atoms with E-state index in [1.54, 1.807) is 48.5 Å². The summed E-state index contributed by atoms with van der Waals surface area (Å²) in [6, 6.07) is 19.6. The van der Waals surface area contributed by atoms with Gasteiger partial charge in [-0.25, -0.2) is 13.2 Å². The van der Waals surface area contributed by atoms with Crippen molar-refractivity contribution in [2.24, 2.45) is 0 Å². The van der Waals surface area contributed by atoms with Crippen LogP contribution in [-0.4, -0.2) is 32.7 Å². The number of hydrogen-bond acceptors (Lipinski definition) is 5. The summed E-state index contributed by atoms with van der Waals surface area (Å²) < 4.78 is 39.6. The van der Waals surface area contributed by atoms with Crippen LogP contribution in [0.1, 0.15) is 36.7 Å².